The number of amides is 1. The highest BCUT2D eigenvalue weighted by Gasteiger charge is 2.33. The molecule has 0 atom stereocenters. The van der Waals surface area contributed by atoms with E-state index in [0.29, 0.717) is 19.4 Å². The van der Waals surface area contributed by atoms with E-state index in [1.807, 2.05) is 7.05 Å². The molecule has 110 valence electrons. The molecule has 5 heteroatoms. The smallest absolute Gasteiger partial charge is 0.303 e. The van der Waals surface area contributed by atoms with Crippen LogP contribution in [-0.4, -0.2) is 48.1 Å². The summed E-state index contributed by atoms with van der Waals surface area (Å²) in [5.41, 5.74) is -0.0452. The summed E-state index contributed by atoms with van der Waals surface area (Å²) < 4.78 is 0. The fourth-order valence-corrected chi connectivity index (χ4v) is 2.76. The molecule has 0 unspecified atom stereocenters. The number of carbonyl (C=O) groups is 2. The molecule has 2 N–H and O–H groups in total. The van der Waals surface area contributed by atoms with E-state index in [0.717, 1.165) is 12.8 Å². The van der Waals surface area contributed by atoms with Crippen LogP contribution in [0.4, 0.5) is 0 Å². The molecule has 0 aromatic heterocycles. The minimum absolute atomic E-state index is 0.0452. The second kappa shape index (κ2) is 7.48. The van der Waals surface area contributed by atoms with Crippen molar-refractivity contribution in [3.63, 3.8) is 0 Å². The number of hydrogen-bond donors (Lipinski definition) is 2. The molecule has 1 saturated carbocycles. The third-order valence-electron chi connectivity index (χ3n) is 4.14. The van der Waals surface area contributed by atoms with Crippen LogP contribution in [-0.2, 0) is 9.59 Å². The van der Waals surface area contributed by atoms with Crippen molar-refractivity contribution in [2.75, 3.05) is 20.6 Å². The van der Waals surface area contributed by atoms with Gasteiger partial charge in [-0.05, 0) is 26.3 Å². The predicted molar refractivity (Wildman–Crippen MR) is 74.0 cm³/mol. The molecule has 19 heavy (non-hydrogen) atoms. The summed E-state index contributed by atoms with van der Waals surface area (Å²) in [5, 5.41) is 11.9. The molecule has 0 bridgehead atoms. The Bertz CT molecular complexity index is 312. The van der Waals surface area contributed by atoms with Crippen molar-refractivity contribution in [3.05, 3.63) is 0 Å². The fourth-order valence-electron chi connectivity index (χ4n) is 2.76. The SMILES string of the molecule is CNC1(CC(=O)N(C)CCCC(=O)O)CCCCC1. The molecule has 1 aliphatic rings. The zero-order chi connectivity index (χ0) is 14.3. The molecule has 0 heterocycles. The van der Waals surface area contributed by atoms with E-state index in [9.17, 15) is 9.59 Å². The minimum Gasteiger partial charge on any atom is -0.481 e. The zero-order valence-corrected chi connectivity index (χ0v) is 12.1. The quantitative estimate of drug-likeness (QED) is 0.737. The molecule has 1 amide bonds. The zero-order valence-electron chi connectivity index (χ0n) is 12.1. The van der Waals surface area contributed by atoms with Gasteiger partial charge >= 0.3 is 5.97 Å². The van der Waals surface area contributed by atoms with Gasteiger partial charge in [0.25, 0.3) is 0 Å². The van der Waals surface area contributed by atoms with E-state index >= 15 is 0 Å². The van der Waals surface area contributed by atoms with Crippen molar-refractivity contribution < 1.29 is 14.7 Å². The summed E-state index contributed by atoms with van der Waals surface area (Å²) >= 11 is 0. The van der Waals surface area contributed by atoms with Crippen LogP contribution in [0.15, 0.2) is 0 Å². The highest BCUT2D eigenvalue weighted by atomic mass is 16.4. The number of aliphatic carboxylic acids is 1. The third-order valence-corrected chi connectivity index (χ3v) is 4.14. The van der Waals surface area contributed by atoms with E-state index in [4.69, 9.17) is 5.11 Å². The molecule has 0 radical (unpaired) electrons. The molecule has 0 saturated heterocycles. The van der Waals surface area contributed by atoms with E-state index in [1.54, 1.807) is 11.9 Å². The maximum Gasteiger partial charge on any atom is 0.303 e. The average Bonchev–Trinajstić information content (AvgIpc) is 2.39. The number of carboxylic acid groups (broad SMARTS) is 1. The number of hydrogen-bond acceptors (Lipinski definition) is 3. The van der Waals surface area contributed by atoms with Gasteiger partial charge in [-0.15, -0.1) is 0 Å². The molecule has 1 aliphatic carbocycles. The molecule has 0 aliphatic heterocycles. The Morgan fingerprint density at radius 3 is 2.42 bits per heavy atom. The first-order chi connectivity index (χ1) is 8.99. The Morgan fingerprint density at radius 2 is 1.89 bits per heavy atom. The van der Waals surface area contributed by atoms with Gasteiger partial charge in [0.2, 0.25) is 5.91 Å². The van der Waals surface area contributed by atoms with Crippen LogP contribution < -0.4 is 5.32 Å². The van der Waals surface area contributed by atoms with Crippen molar-refractivity contribution in [3.8, 4) is 0 Å². The van der Waals surface area contributed by atoms with Gasteiger partial charge < -0.3 is 15.3 Å². The Balaban J connectivity index is 2.41. The highest BCUT2D eigenvalue weighted by Crippen LogP contribution is 2.31. The second-order valence-corrected chi connectivity index (χ2v) is 5.58. The standard InChI is InChI=1S/C14H26N2O3/c1-15-14(8-4-3-5-9-14)11-12(17)16(2)10-6-7-13(18)19/h15H,3-11H2,1-2H3,(H,18,19). The molecule has 5 nitrogen and oxygen atoms in total. The lowest BCUT2D eigenvalue weighted by Gasteiger charge is -2.37. The number of nitrogens with zero attached hydrogens (tertiary/aromatic N) is 1. The first-order valence-electron chi connectivity index (χ1n) is 7.14. The highest BCUT2D eigenvalue weighted by molar-refractivity contribution is 5.77. The summed E-state index contributed by atoms with van der Waals surface area (Å²) in [7, 11) is 3.69. The lowest BCUT2D eigenvalue weighted by molar-refractivity contribution is -0.138. The summed E-state index contributed by atoms with van der Waals surface area (Å²) in [5.74, 6) is -0.693. The number of carboxylic acids is 1. The largest absolute Gasteiger partial charge is 0.481 e. The van der Waals surface area contributed by atoms with Gasteiger partial charge in [0.05, 0.1) is 0 Å². The van der Waals surface area contributed by atoms with Crippen molar-refractivity contribution in [1.29, 1.82) is 0 Å². The van der Waals surface area contributed by atoms with Crippen molar-refractivity contribution in [2.45, 2.75) is 56.9 Å². The summed E-state index contributed by atoms with van der Waals surface area (Å²) in [6, 6.07) is 0. The topological polar surface area (TPSA) is 69.6 Å². The Labute approximate surface area is 115 Å². The van der Waals surface area contributed by atoms with Gasteiger partial charge in [0, 0.05) is 32.0 Å². The molecule has 1 fully saturated rings. The summed E-state index contributed by atoms with van der Waals surface area (Å²) in [4.78, 5) is 24.3. The minimum atomic E-state index is -0.806. The van der Waals surface area contributed by atoms with Crippen molar-refractivity contribution in [1.82, 2.24) is 10.2 Å². The fraction of sp³-hybridized carbons (Fsp3) is 0.857. The first kappa shape index (κ1) is 16.0. The van der Waals surface area contributed by atoms with Crippen LogP contribution in [0, 0.1) is 0 Å². The Morgan fingerprint density at radius 1 is 1.26 bits per heavy atom. The van der Waals surface area contributed by atoms with Crippen LogP contribution >= 0.6 is 0 Å². The predicted octanol–water partition coefficient (Wildman–Crippen LogP) is 1.62. The van der Waals surface area contributed by atoms with E-state index < -0.39 is 5.97 Å². The van der Waals surface area contributed by atoms with Crippen molar-refractivity contribution >= 4 is 11.9 Å². The lowest BCUT2D eigenvalue weighted by Crippen LogP contribution is -2.48. The number of rotatable bonds is 7. The third kappa shape index (κ3) is 5.19. The molecule has 0 aromatic carbocycles. The Hall–Kier alpha value is -1.10. The van der Waals surface area contributed by atoms with Crippen LogP contribution in [0.25, 0.3) is 0 Å². The van der Waals surface area contributed by atoms with Crippen LogP contribution in [0.2, 0.25) is 0 Å². The Kier molecular flexibility index (Phi) is 6.28. The first-order valence-corrected chi connectivity index (χ1v) is 7.14. The molecule has 1 rings (SSSR count). The number of carbonyl (C=O) groups excluding carboxylic acids is 1. The molecule has 0 spiro atoms. The number of nitrogens with one attached hydrogen (secondary N) is 1. The van der Waals surface area contributed by atoms with E-state index in [-0.39, 0.29) is 17.9 Å². The van der Waals surface area contributed by atoms with Gasteiger partial charge in [-0.3, -0.25) is 9.59 Å². The monoisotopic (exact) mass is 270 g/mol. The van der Waals surface area contributed by atoms with Gasteiger partial charge in [-0.25, -0.2) is 0 Å². The van der Waals surface area contributed by atoms with E-state index in [1.165, 1.54) is 19.3 Å². The van der Waals surface area contributed by atoms with Gasteiger partial charge in [-0.1, -0.05) is 19.3 Å². The van der Waals surface area contributed by atoms with Crippen LogP contribution in [0.5, 0.6) is 0 Å². The maximum absolute atomic E-state index is 12.2. The molecule has 0 aromatic rings. The second-order valence-electron chi connectivity index (χ2n) is 5.58. The van der Waals surface area contributed by atoms with Gasteiger partial charge in [0.15, 0.2) is 0 Å². The lowest BCUT2D eigenvalue weighted by atomic mass is 9.79. The van der Waals surface area contributed by atoms with Crippen LogP contribution in [0.1, 0.15) is 51.4 Å². The average molecular weight is 270 g/mol. The summed E-state index contributed by atoms with van der Waals surface area (Å²) in [6.45, 7) is 0.519. The molecular weight excluding hydrogens is 244 g/mol. The van der Waals surface area contributed by atoms with Gasteiger partial charge in [0.1, 0.15) is 0 Å². The molecular formula is C14H26N2O3. The maximum atomic E-state index is 12.2. The normalized spacial score (nSPS) is 18.0. The summed E-state index contributed by atoms with van der Waals surface area (Å²) in [6.07, 6.45) is 6.88. The van der Waals surface area contributed by atoms with Crippen molar-refractivity contribution in [2.24, 2.45) is 0 Å². The van der Waals surface area contributed by atoms with Gasteiger partial charge in [-0.2, -0.15) is 0 Å². The van der Waals surface area contributed by atoms with Crippen LogP contribution in [0.3, 0.4) is 0 Å². The van der Waals surface area contributed by atoms with E-state index in [2.05, 4.69) is 5.32 Å².